The number of carbonyl (C=O) groups excluding carboxylic acids is 3. The summed E-state index contributed by atoms with van der Waals surface area (Å²) < 4.78 is 10.8. The minimum atomic E-state index is -0.861. The quantitative estimate of drug-likeness (QED) is 0.194. The molecular formula is C37H48N10O5. The molecule has 0 aliphatic carbocycles. The summed E-state index contributed by atoms with van der Waals surface area (Å²) in [5.74, 6) is 0.789. The first-order valence-corrected chi connectivity index (χ1v) is 17.8. The van der Waals surface area contributed by atoms with Crippen LogP contribution in [0.25, 0.3) is 11.3 Å². The molecule has 1 saturated heterocycles. The van der Waals surface area contributed by atoms with Gasteiger partial charge < -0.3 is 35.2 Å². The Morgan fingerprint density at radius 2 is 1.81 bits per heavy atom. The lowest BCUT2D eigenvalue weighted by Gasteiger charge is -2.39. The third-order valence-corrected chi connectivity index (χ3v) is 9.36. The predicted molar refractivity (Wildman–Crippen MR) is 194 cm³/mol. The molecule has 2 amide bonds. The standard InChI is InChI=1S/C37H48N10O5/c1-26-24-45(14-15-46(26)33(49)23-41-32(48)9-5-4-6-16-51-18-19-52-17-12-38)36-42-21-28(22-43-36)30-11-10-29-34(50)37(2,3)47(35(29)44-30)25-27-8-7-13-40-31(27)20-39/h7-8,10-11,13,21-22,26H,4-6,9,12,14-19,23-25,38H2,1-3H3,(H,41,48)/t26-/m1/s1. The maximum atomic E-state index is 13.4. The van der Waals surface area contributed by atoms with Crippen LogP contribution in [0.3, 0.4) is 0 Å². The number of unbranched alkanes of at least 4 members (excludes halogenated alkanes) is 2. The van der Waals surface area contributed by atoms with Gasteiger partial charge in [-0.05, 0) is 51.8 Å². The van der Waals surface area contributed by atoms with Crippen LogP contribution in [0.4, 0.5) is 11.8 Å². The first-order valence-electron chi connectivity index (χ1n) is 17.8. The number of aromatic nitrogens is 4. The molecular weight excluding hydrogens is 664 g/mol. The van der Waals surface area contributed by atoms with Gasteiger partial charge in [0, 0.05) is 81.5 Å². The van der Waals surface area contributed by atoms with E-state index in [0.717, 1.165) is 19.3 Å². The first kappa shape index (κ1) is 38.2. The van der Waals surface area contributed by atoms with Crippen molar-refractivity contribution in [1.29, 1.82) is 5.26 Å². The van der Waals surface area contributed by atoms with E-state index in [-0.39, 0.29) is 30.2 Å². The number of fused-ring (bicyclic) bond motifs is 1. The zero-order valence-corrected chi connectivity index (χ0v) is 30.2. The number of ether oxygens (including phenoxy) is 2. The molecule has 0 radical (unpaired) electrons. The van der Waals surface area contributed by atoms with E-state index in [1.54, 1.807) is 41.7 Å². The third-order valence-electron chi connectivity index (χ3n) is 9.36. The van der Waals surface area contributed by atoms with Crippen LogP contribution in [-0.4, -0.2) is 113 Å². The maximum Gasteiger partial charge on any atom is 0.242 e. The molecule has 1 atom stereocenters. The smallest absolute Gasteiger partial charge is 0.242 e. The van der Waals surface area contributed by atoms with Crippen molar-refractivity contribution < 1.29 is 23.9 Å². The molecule has 0 saturated carbocycles. The van der Waals surface area contributed by atoms with Crippen molar-refractivity contribution in [2.24, 2.45) is 5.73 Å². The lowest BCUT2D eigenvalue weighted by Crippen LogP contribution is -2.56. The third kappa shape index (κ3) is 9.24. The highest BCUT2D eigenvalue weighted by Crippen LogP contribution is 2.39. The molecule has 2 aliphatic rings. The number of hydrogen-bond donors (Lipinski definition) is 2. The predicted octanol–water partition coefficient (Wildman–Crippen LogP) is 2.49. The lowest BCUT2D eigenvalue weighted by molar-refractivity contribution is -0.134. The fraction of sp³-hybridized carbons (Fsp3) is 0.514. The number of nitrogens with two attached hydrogens (primary N) is 1. The highest BCUT2D eigenvalue weighted by Gasteiger charge is 2.45. The molecule has 15 heteroatoms. The molecule has 0 aromatic carbocycles. The Balaban J connectivity index is 1.10. The average Bonchev–Trinajstić information content (AvgIpc) is 3.34. The number of anilines is 2. The highest BCUT2D eigenvalue weighted by molar-refractivity contribution is 6.12. The van der Waals surface area contributed by atoms with Crippen molar-refractivity contribution in [2.45, 2.75) is 64.6 Å². The molecule has 15 nitrogen and oxygen atoms in total. The number of piperazine rings is 1. The molecule has 52 heavy (non-hydrogen) atoms. The van der Waals surface area contributed by atoms with Gasteiger partial charge in [0.05, 0.1) is 43.2 Å². The maximum absolute atomic E-state index is 13.4. The Morgan fingerprint density at radius 3 is 2.54 bits per heavy atom. The molecule has 3 N–H and O–H groups in total. The van der Waals surface area contributed by atoms with Gasteiger partial charge in [-0.2, -0.15) is 5.26 Å². The van der Waals surface area contributed by atoms with Crippen LogP contribution in [0.2, 0.25) is 0 Å². The van der Waals surface area contributed by atoms with Crippen molar-refractivity contribution >= 4 is 29.4 Å². The number of rotatable bonds is 17. The molecule has 5 heterocycles. The minimum Gasteiger partial charge on any atom is -0.379 e. The van der Waals surface area contributed by atoms with Crippen LogP contribution in [0, 0.1) is 11.3 Å². The summed E-state index contributed by atoms with van der Waals surface area (Å²) in [4.78, 5) is 62.7. The van der Waals surface area contributed by atoms with Crippen LogP contribution in [0.15, 0.2) is 42.9 Å². The summed E-state index contributed by atoms with van der Waals surface area (Å²) in [5, 5.41) is 12.3. The summed E-state index contributed by atoms with van der Waals surface area (Å²) in [5.41, 5.74) is 7.37. The minimum absolute atomic E-state index is 0.0318. The number of amides is 2. The fourth-order valence-electron chi connectivity index (χ4n) is 6.38. The van der Waals surface area contributed by atoms with E-state index in [2.05, 4.69) is 26.3 Å². The van der Waals surface area contributed by atoms with E-state index < -0.39 is 5.54 Å². The number of nitrogens with one attached hydrogen (secondary N) is 1. The Kier molecular flexibility index (Phi) is 13.2. The number of pyridine rings is 2. The number of ketones is 1. The number of hydrogen-bond acceptors (Lipinski definition) is 13. The molecule has 3 aromatic heterocycles. The Bertz CT molecular complexity index is 1750. The van der Waals surface area contributed by atoms with E-state index in [0.29, 0.717) is 105 Å². The van der Waals surface area contributed by atoms with Crippen molar-refractivity contribution in [1.82, 2.24) is 30.2 Å². The van der Waals surface area contributed by atoms with Crippen molar-refractivity contribution in [3.05, 3.63) is 59.7 Å². The molecule has 0 bridgehead atoms. The van der Waals surface area contributed by atoms with Crippen LogP contribution in [0.5, 0.6) is 0 Å². The summed E-state index contributed by atoms with van der Waals surface area (Å²) in [6, 6.07) is 9.22. The fourth-order valence-corrected chi connectivity index (χ4v) is 6.38. The molecule has 0 spiro atoms. The van der Waals surface area contributed by atoms with Crippen molar-refractivity contribution in [2.75, 3.05) is 69.0 Å². The van der Waals surface area contributed by atoms with Crippen LogP contribution in [-0.2, 0) is 25.6 Å². The summed E-state index contributed by atoms with van der Waals surface area (Å²) in [7, 11) is 0. The van der Waals surface area contributed by atoms with E-state index in [4.69, 9.17) is 20.2 Å². The molecule has 1 fully saturated rings. The number of carbonyl (C=O) groups is 3. The van der Waals surface area contributed by atoms with E-state index in [1.807, 2.05) is 36.6 Å². The Morgan fingerprint density at radius 1 is 1.04 bits per heavy atom. The SMILES string of the molecule is C[C@@H]1CN(c2ncc(-c3ccc4c(n3)N(Cc3cccnc3C#N)C(C)(C)C4=O)cn2)CCN1C(=O)CNC(=O)CCCCCOCCOCCN. The van der Waals surface area contributed by atoms with Gasteiger partial charge in [0.15, 0.2) is 5.78 Å². The summed E-state index contributed by atoms with van der Waals surface area (Å²) in [6.07, 6.45) is 7.83. The summed E-state index contributed by atoms with van der Waals surface area (Å²) >= 11 is 0. The van der Waals surface area contributed by atoms with Crippen LogP contribution >= 0.6 is 0 Å². The summed E-state index contributed by atoms with van der Waals surface area (Å²) in [6.45, 7) is 10.2. The Hall–Kier alpha value is -5.04. The second-order valence-corrected chi connectivity index (χ2v) is 13.4. The van der Waals surface area contributed by atoms with Gasteiger partial charge in [-0.1, -0.05) is 12.5 Å². The molecule has 3 aromatic rings. The van der Waals surface area contributed by atoms with Gasteiger partial charge in [0.1, 0.15) is 17.6 Å². The van der Waals surface area contributed by atoms with Gasteiger partial charge in [-0.3, -0.25) is 14.4 Å². The molecule has 5 rings (SSSR count). The zero-order valence-electron chi connectivity index (χ0n) is 30.2. The van der Waals surface area contributed by atoms with Crippen LogP contribution in [0.1, 0.15) is 68.1 Å². The van der Waals surface area contributed by atoms with Gasteiger partial charge >= 0.3 is 0 Å². The van der Waals surface area contributed by atoms with E-state index in [9.17, 15) is 19.6 Å². The monoisotopic (exact) mass is 712 g/mol. The second kappa shape index (κ2) is 17.9. The van der Waals surface area contributed by atoms with Gasteiger partial charge in [0.25, 0.3) is 0 Å². The molecule has 276 valence electrons. The molecule has 0 unspecified atom stereocenters. The number of nitriles is 1. The zero-order chi connectivity index (χ0) is 37.1. The topological polar surface area (TPSA) is 193 Å². The number of nitrogens with zero attached hydrogens (tertiary/aromatic N) is 8. The van der Waals surface area contributed by atoms with E-state index >= 15 is 0 Å². The Labute approximate surface area is 304 Å². The van der Waals surface area contributed by atoms with Gasteiger partial charge in [0.2, 0.25) is 17.8 Å². The number of Topliss-reactive ketones (excluding diaryl/α,β-unsaturated/α-hetero) is 1. The highest BCUT2D eigenvalue weighted by atomic mass is 16.5. The van der Waals surface area contributed by atoms with Crippen LogP contribution < -0.4 is 20.9 Å². The van der Waals surface area contributed by atoms with Crippen molar-refractivity contribution in [3.63, 3.8) is 0 Å². The van der Waals surface area contributed by atoms with Gasteiger partial charge in [-0.25, -0.2) is 19.9 Å². The van der Waals surface area contributed by atoms with Crippen molar-refractivity contribution in [3.8, 4) is 17.3 Å². The second-order valence-electron chi connectivity index (χ2n) is 13.4. The average molecular weight is 713 g/mol. The largest absolute Gasteiger partial charge is 0.379 e. The normalized spacial score (nSPS) is 16.5. The first-order chi connectivity index (χ1) is 25.1. The molecule has 2 aliphatic heterocycles. The lowest BCUT2D eigenvalue weighted by atomic mass is 9.97. The van der Waals surface area contributed by atoms with Gasteiger partial charge in [-0.15, -0.1) is 0 Å². The van der Waals surface area contributed by atoms with E-state index in [1.165, 1.54) is 0 Å².